The lowest BCUT2D eigenvalue weighted by Gasteiger charge is -2.27. The molecule has 1 aliphatic rings. The first-order chi connectivity index (χ1) is 9.25. The Morgan fingerprint density at radius 3 is 2.65 bits per heavy atom. The first-order valence-corrected chi connectivity index (χ1v) is 8.21. The number of halogens is 2. The fourth-order valence-corrected chi connectivity index (χ4v) is 4.53. The third kappa shape index (κ3) is 2.62. The number of benzene rings is 1. The Balaban J connectivity index is 2.49. The van der Waals surface area contributed by atoms with Gasteiger partial charge in [0, 0.05) is 12.6 Å². The van der Waals surface area contributed by atoms with Crippen LogP contribution < -0.4 is 0 Å². The van der Waals surface area contributed by atoms with Crippen LogP contribution in [0.25, 0.3) is 0 Å². The van der Waals surface area contributed by atoms with Gasteiger partial charge in [-0.25, -0.2) is 12.8 Å². The summed E-state index contributed by atoms with van der Waals surface area (Å²) in [5.41, 5.74) is 0.265. The second-order valence-electron chi connectivity index (χ2n) is 5.27. The summed E-state index contributed by atoms with van der Waals surface area (Å²) in [5, 5.41) is -0.0810. The van der Waals surface area contributed by atoms with Crippen LogP contribution in [0.4, 0.5) is 4.39 Å². The van der Waals surface area contributed by atoms with Crippen molar-refractivity contribution >= 4 is 21.6 Å². The largest absolute Gasteiger partial charge is 0.245 e. The molecule has 1 atom stereocenters. The Morgan fingerprint density at radius 1 is 1.40 bits per heavy atom. The first kappa shape index (κ1) is 15.5. The smallest absolute Gasteiger partial charge is 0.207 e. The molecule has 1 aromatic rings. The van der Waals surface area contributed by atoms with Crippen molar-refractivity contribution in [3.05, 3.63) is 40.7 Å². The van der Waals surface area contributed by atoms with E-state index in [0.717, 1.165) is 6.07 Å². The lowest BCUT2D eigenvalue weighted by molar-refractivity contribution is 0.343. The van der Waals surface area contributed by atoms with Gasteiger partial charge < -0.3 is 0 Å². The Labute approximate surface area is 124 Å². The van der Waals surface area contributed by atoms with Crippen molar-refractivity contribution in [3.8, 4) is 0 Å². The van der Waals surface area contributed by atoms with Crippen molar-refractivity contribution in [1.82, 2.24) is 4.31 Å². The molecule has 0 N–H and O–H groups in total. The van der Waals surface area contributed by atoms with Crippen LogP contribution in [-0.2, 0) is 10.0 Å². The minimum Gasteiger partial charge on any atom is -0.207 e. The Hall–Kier alpha value is -0.910. The number of sulfonamides is 1. The zero-order valence-corrected chi connectivity index (χ0v) is 13.2. The van der Waals surface area contributed by atoms with Gasteiger partial charge in [-0.2, -0.15) is 4.31 Å². The zero-order chi connectivity index (χ0) is 15.1. The number of aryl methyl sites for hydroxylation is 1. The van der Waals surface area contributed by atoms with Gasteiger partial charge in [0.1, 0.15) is 10.7 Å². The van der Waals surface area contributed by atoms with E-state index in [2.05, 4.69) is 0 Å². The van der Waals surface area contributed by atoms with Crippen molar-refractivity contribution in [2.45, 2.75) is 31.7 Å². The summed E-state index contributed by atoms with van der Waals surface area (Å²) in [6.07, 6.45) is 3.71. The normalized spacial score (nSPS) is 20.0. The molecule has 1 aromatic carbocycles. The maximum Gasteiger partial charge on any atom is 0.245 e. The van der Waals surface area contributed by atoms with Gasteiger partial charge in [0.2, 0.25) is 10.0 Å². The quantitative estimate of drug-likeness (QED) is 0.802. The van der Waals surface area contributed by atoms with Gasteiger partial charge in [-0.1, -0.05) is 37.6 Å². The summed E-state index contributed by atoms with van der Waals surface area (Å²) in [7, 11) is -3.73. The highest BCUT2D eigenvalue weighted by molar-refractivity contribution is 7.89. The Morgan fingerprint density at radius 2 is 2.05 bits per heavy atom. The molecule has 0 radical (unpaired) electrons. The number of hydrogen-bond donors (Lipinski definition) is 0. The van der Waals surface area contributed by atoms with Crippen molar-refractivity contribution in [3.63, 3.8) is 0 Å². The van der Waals surface area contributed by atoms with Gasteiger partial charge in [-0.15, -0.1) is 0 Å². The van der Waals surface area contributed by atoms with E-state index in [4.69, 9.17) is 11.6 Å². The topological polar surface area (TPSA) is 37.4 Å². The molecule has 1 unspecified atom stereocenters. The average Bonchev–Trinajstić information content (AvgIpc) is 2.83. The predicted molar refractivity (Wildman–Crippen MR) is 77.8 cm³/mol. The summed E-state index contributed by atoms with van der Waals surface area (Å²) in [6, 6.07) is 2.15. The highest BCUT2D eigenvalue weighted by atomic mass is 35.5. The first-order valence-electron chi connectivity index (χ1n) is 6.39. The number of nitrogens with zero attached hydrogens (tertiary/aromatic N) is 1. The SMILES string of the molecule is Cc1cc(S(=O)(=O)N2CC=CC2C(C)C)c(Cl)cc1F. The van der Waals surface area contributed by atoms with Gasteiger partial charge >= 0.3 is 0 Å². The zero-order valence-electron chi connectivity index (χ0n) is 11.6. The molecular weight excluding hydrogens is 301 g/mol. The standard InChI is InChI=1S/C14H17ClFNO2S/c1-9(2)13-5-4-6-17(13)20(18,19)14-7-10(3)12(16)8-11(14)15/h4-5,7-9,13H,6H2,1-3H3. The van der Waals surface area contributed by atoms with Gasteiger partial charge in [0.25, 0.3) is 0 Å². The van der Waals surface area contributed by atoms with Crippen LogP contribution in [0.1, 0.15) is 19.4 Å². The fourth-order valence-electron chi connectivity index (χ4n) is 2.29. The fraction of sp³-hybridized carbons (Fsp3) is 0.429. The molecule has 1 aliphatic heterocycles. The second kappa shape index (κ2) is 5.47. The van der Waals surface area contributed by atoms with E-state index in [1.165, 1.54) is 17.3 Å². The van der Waals surface area contributed by atoms with Gasteiger partial charge in [0.05, 0.1) is 5.02 Å². The molecule has 6 heteroatoms. The van der Waals surface area contributed by atoms with E-state index in [0.29, 0.717) is 6.54 Å². The van der Waals surface area contributed by atoms with Crippen LogP contribution >= 0.6 is 11.6 Å². The maximum absolute atomic E-state index is 13.4. The molecule has 1 heterocycles. The number of rotatable bonds is 3. The molecule has 0 bridgehead atoms. The van der Waals surface area contributed by atoms with Gasteiger partial charge in [0.15, 0.2) is 0 Å². The monoisotopic (exact) mass is 317 g/mol. The van der Waals surface area contributed by atoms with Crippen molar-refractivity contribution in [1.29, 1.82) is 0 Å². The van der Waals surface area contributed by atoms with Crippen LogP contribution in [0, 0.1) is 18.7 Å². The second-order valence-corrected chi connectivity index (χ2v) is 7.54. The van der Waals surface area contributed by atoms with Crippen LogP contribution in [-0.4, -0.2) is 25.3 Å². The molecule has 110 valence electrons. The maximum atomic E-state index is 13.4. The number of hydrogen-bond acceptors (Lipinski definition) is 2. The lowest BCUT2D eigenvalue weighted by atomic mass is 10.1. The average molecular weight is 318 g/mol. The molecule has 0 amide bonds. The molecule has 0 spiro atoms. The van der Waals surface area contributed by atoms with Gasteiger partial charge in [-0.3, -0.25) is 0 Å². The van der Waals surface area contributed by atoms with Crippen molar-refractivity contribution < 1.29 is 12.8 Å². The van der Waals surface area contributed by atoms with Crippen molar-refractivity contribution in [2.24, 2.45) is 5.92 Å². The summed E-state index contributed by atoms with van der Waals surface area (Å²) in [5.74, 6) is -0.349. The highest BCUT2D eigenvalue weighted by Crippen LogP contribution is 2.31. The molecule has 0 aromatic heterocycles. The van der Waals surface area contributed by atoms with Crippen molar-refractivity contribution in [2.75, 3.05) is 6.54 Å². The van der Waals surface area contributed by atoms with Crippen LogP contribution in [0.15, 0.2) is 29.2 Å². The molecule has 20 heavy (non-hydrogen) atoms. The molecule has 2 rings (SSSR count). The molecule has 0 saturated heterocycles. The van der Waals surface area contributed by atoms with E-state index in [-0.39, 0.29) is 27.4 Å². The van der Waals surface area contributed by atoms with Crippen LogP contribution in [0.5, 0.6) is 0 Å². The minimum atomic E-state index is -3.73. The molecule has 0 aliphatic carbocycles. The van der Waals surface area contributed by atoms with Crippen LogP contribution in [0.3, 0.4) is 0 Å². The predicted octanol–water partition coefficient (Wildman–Crippen LogP) is 3.37. The summed E-state index contributed by atoms with van der Waals surface area (Å²) >= 11 is 5.93. The Kier molecular flexibility index (Phi) is 4.23. The van der Waals surface area contributed by atoms with E-state index < -0.39 is 15.8 Å². The molecule has 0 fully saturated rings. The Bertz CT molecular complexity index is 655. The van der Waals surface area contributed by atoms with Crippen LogP contribution in [0.2, 0.25) is 5.02 Å². The van der Waals surface area contributed by atoms with E-state index in [9.17, 15) is 12.8 Å². The molecule has 3 nitrogen and oxygen atoms in total. The summed E-state index contributed by atoms with van der Waals surface area (Å²) in [6.45, 7) is 5.76. The molecule has 0 saturated carbocycles. The minimum absolute atomic E-state index is 0.0348. The van der Waals surface area contributed by atoms with E-state index in [1.807, 2.05) is 26.0 Å². The van der Waals surface area contributed by atoms with E-state index >= 15 is 0 Å². The molecular formula is C14H17ClFNO2S. The lowest BCUT2D eigenvalue weighted by Crippen LogP contribution is -2.39. The third-order valence-corrected chi connectivity index (χ3v) is 5.76. The van der Waals surface area contributed by atoms with Gasteiger partial charge in [-0.05, 0) is 30.5 Å². The summed E-state index contributed by atoms with van der Waals surface area (Å²) in [4.78, 5) is -0.0348. The highest BCUT2D eigenvalue weighted by Gasteiger charge is 2.35. The summed E-state index contributed by atoms with van der Waals surface area (Å²) < 4.78 is 40.2. The van der Waals surface area contributed by atoms with E-state index in [1.54, 1.807) is 0 Å². The third-order valence-electron chi connectivity index (χ3n) is 3.43.